The summed E-state index contributed by atoms with van der Waals surface area (Å²) in [5.74, 6) is 0.919. The normalized spacial score (nSPS) is 18.9. The number of para-hydroxylation sites is 1. The highest BCUT2D eigenvalue weighted by Gasteiger charge is 2.34. The van der Waals surface area contributed by atoms with Gasteiger partial charge in [-0.15, -0.1) is 0 Å². The summed E-state index contributed by atoms with van der Waals surface area (Å²) in [6, 6.07) is 10.6. The maximum absolute atomic E-state index is 13.7. The summed E-state index contributed by atoms with van der Waals surface area (Å²) >= 11 is 0. The molecule has 2 aliphatic heterocycles. The topological polar surface area (TPSA) is 126 Å². The van der Waals surface area contributed by atoms with Gasteiger partial charge in [-0.2, -0.15) is 0 Å². The van der Waals surface area contributed by atoms with Crippen molar-refractivity contribution in [2.45, 2.75) is 32.5 Å². The molecule has 2 N–H and O–H groups in total. The largest absolute Gasteiger partial charge is 0.486 e. The third-order valence-corrected chi connectivity index (χ3v) is 7.12. The molecule has 2 aliphatic rings. The third-order valence-electron chi connectivity index (χ3n) is 7.12. The minimum atomic E-state index is -0.468. The van der Waals surface area contributed by atoms with Crippen LogP contribution in [-0.4, -0.2) is 82.4 Å². The van der Waals surface area contributed by atoms with Gasteiger partial charge in [0.05, 0.1) is 30.1 Å². The Hall–Kier alpha value is -4.22. The number of nitrogens with one attached hydrogen (secondary N) is 1. The molecule has 40 heavy (non-hydrogen) atoms. The monoisotopic (exact) mass is 547 g/mol. The fourth-order valence-corrected chi connectivity index (χ4v) is 4.89. The standard InChI is InChI=1S/C29H33N5O6/c1-18-13-34(19(2)16-35)29(37)21-5-4-6-22(32-28(36)23-12-30-9-10-31-23)27(21)40-26(18)15-33(3)14-20-7-8-24-25(11-20)39-17-38-24/h4-12,18-19,26,35H,13-17H2,1-3H3,(H,32,36)/t18-,19+,26-/m0/s1. The molecule has 2 aromatic carbocycles. The fourth-order valence-electron chi connectivity index (χ4n) is 4.89. The van der Waals surface area contributed by atoms with Crippen molar-refractivity contribution < 1.29 is 28.9 Å². The molecule has 0 saturated carbocycles. The van der Waals surface area contributed by atoms with E-state index < -0.39 is 11.9 Å². The van der Waals surface area contributed by atoms with Gasteiger partial charge in [-0.25, -0.2) is 4.98 Å². The number of ether oxygens (including phenoxy) is 3. The molecule has 11 nitrogen and oxygen atoms in total. The average Bonchev–Trinajstić information content (AvgIpc) is 3.43. The Morgan fingerprint density at radius 1 is 1.23 bits per heavy atom. The summed E-state index contributed by atoms with van der Waals surface area (Å²) in [7, 11) is 2.00. The lowest BCUT2D eigenvalue weighted by atomic mass is 9.98. The number of rotatable bonds is 8. The molecule has 0 bridgehead atoms. The average molecular weight is 548 g/mol. The van der Waals surface area contributed by atoms with Crippen LogP contribution in [0.3, 0.4) is 0 Å². The van der Waals surface area contributed by atoms with Crippen LogP contribution < -0.4 is 19.5 Å². The van der Waals surface area contributed by atoms with Crippen LogP contribution >= 0.6 is 0 Å². The Labute approximate surface area is 232 Å². The second-order valence-electron chi connectivity index (χ2n) is 10.2. The zero-order chi connectivity index (χ0) is 28.2. The quantitative estimate of drug-likeness (QED) is 0.438. The predicted octanol–water partition coefficient (Wildman–Crippen LogP) is 2.81. The van der Waals surface area contributed by atoms with E-state index in [-0.39, 0.29) is 42.8 Å². The van der Waals surface area contributed by atoms with Crippen molar-refractivity contribution in [3.05, 3.63) is 71.8 Å². The van der Waals surface area contributed by atoms with Gasteiger partial charge in [0.15, 0.2) is 17.2 Å². The van der Waals surface area contributed by atoms with Crippen LogP contribution in [0, 0.1) is 5.92 Å². The van der Waals surface area contributed by atoms with E-state index in [4.69, 9.17) is 14.2 Å². The number of anilines is 1. The van der Waals surface area contributed by atoms with Gasteiger partial charge in [0, 0.05) is 37.9 Å². The fraction of sp³-hybridized carbons (Fsp3) is 0.379. The van der Waals surface area contributed by atoms with Gasteiger partial charge in [-0.3, -0.25) is 19.5 Å². The highest BCUT2D eigenvalue weighted by molar-refractivity contribution is 6.06. The number of aliphatic hydroxyl groups is 1. The molecule has 1 aromatic heterocycles. The van der Waals surface area contributed by atoms with Gasteiger partial charge in [-0.05, 0) is 43.8 Å². The number of carbonyl (C=O) groups excluding carboxylic acids is 2. The third kappa shape index (κ3) is 5.85. The number of hydrogen-bond donors (Lipinski definition) is 2. The molecule has 0 radical (unpaired) electrons. The van der Waals surface area contributed by atoms with Crippen molar-refractivity contribution in [3.8, 4) is 17.2 Å². The van der Waals surface area contributed by atoms with Crippen molar-refractivity contribution in [2.24, 2.45) is 5.92 Å². The van der Waals surface area contributed by atoms with Crippen LogP contribution in [0.25, 0.3) is 0 Å². The van der Waals surface area contributed by atoms with Crippen molar-refractivity contribution >= 4 is 17.5 Å². The van der Waals surface area contributed by atoms with E-state index in [2.05, 4.69) is 20.2 Å². The van der Waals surface area contributed by atoms with E-state index in [0.29, 0.717) is 30.9 Å². The summed E-state index contributed by atoms with van der Waals surface area (Å²) in [5.41, 5.74) is 1.87. The Balaban J connectivity index is 1.43. The number of hydrogen-bond acceptors (Lipinski definition) is 9. The van der Waals surface area contributed by atoms with Crippen LogP contribution in [0.1, 0.15) is 40.3 Å². The van der Waals surface area contributed by atoms with E-state index in [9.17, 15) is 14.7 Å². The second kappa shape index (κ2) is 11.9. The first-order chi connectivity index (χ1) is 19.3. The van der Waals surface area contributed by atoms with E-state index in [1.165, 1.54) is 18.6 Å². The van der Waals surface area contributed by atoms with Gasteiger partial charge in [-0.1, -0.05) is 19.1 Å². The first-order valence-corrected chi connectivity index (χ1v) is 13.2. The van der Waals surface area contributed by atoms with Gasteiger partial charge in [0.2, 0.25) is 6.79 Å². The Morgan fingerprint density at radius 2 is 2.05 bits per heavy atom. The highest BCUT2D eigenvalue weighted by atomic mass is 16.7. The lowest BCUT2D eigenvalue weighted by Gasteiger charge is -2.38. The van der Waals surface area contributed by atoms with Gasteiger partial charge in [0.1, 0.15) is 11.8 Å². The molecule has 11 heteroatoms. The van der Waals surface area contributed by atoms with E-state index in [1.807, 2.05) is 39.1 Å². The van der Waals surface area contributed by atoms with Crippen molar-refractivity contribution in [1.29, 1.82) is 0 Å². The Morgan fingerprint density at radius 3 is 2.83 bits per heavy atom. The van der Waals surface area contributed by atoms with Crippen LogP contribution in [0.4, 0.5) is 5.69 Å². The molecule has 0 unspecified atom stereocenters. The minimum absolute atomic E-state index is 0.0888. The SMILES string of the molecule is C[C@H](CO)N1C[C@H](C)[C@H](CN(C)Cc2ccc3c(c2)OCO3)Oc2c(NC(=O)c3cnccn3)cccc2C1=O. The molecule has 5 rings (SSSR count). The maximum atomic E-state index is 13.7. The first kappa shape index (κ1) is 27.4. The number of aromatic nitrogens is 2. The number of likely N-dealkylation sites (N-methyl/N-ethyl adjacent to an activating group) is 1. The highest BCUT2D eigenvalue weighted by Crippen LogP contribution is 2.36. The number of fused-ring (bicyclic) bond motifs is 2. The Bertz CT molecular complexity index is 1370. The summed E-state index contributed by atoms with van der Waals surface area (Å²) in [4.78, 5) is 38.5. The summed E-state index contributed by atoms with van der Waals surface area (Å²) in [6.45, 7) is 5.46. The van der Waals surface area contributed by atoms with Gasteiger partial charge < -0.3 is 29.5 Å². The molecular formula is C29H33N5O6. The van der Waals surface area contributed by atoms with Crippen LogP contribution in [0.5, 0.6) is 17.2 Å². The summed E-state index contributed by atoms with van der Waals surface area (Å²) in [5, 5.41) is 12.8. The molecule has 0 aliphatic carbocycles. The van der Waals surface area contributed by atoms with E-state index in [1.54, 1.807) is 23.1 Å². The van der Waals surface area contributed by atoms with E-state index in [0.717, 1.165) is 17.1 Å². The lowest BCUT2D eigenvalue weighted by molar-refractivity contribution is 0.0343. The van der Waals surface area contributed by atoms with E-state index >= 15 is 0 Å². The van der Waals surface area contributed by atoms with Crippen molar-refractivity contribution in [3.63, 3.8) is 0 Å². The minimum Gasteiger partial charge on any atom is -0.486 e. The molecule has 3 atom stereocenters. The van der Waals surface area contributed by atoms with Crippen LogP contribution in [0.2, 0.25) is 0 Å². The predicted molar refractivity (Wildman–Crippen MR) is 146 cm³/mol. The zero-order valence-electron chi connectivity index (χ0n) is 22.7. The number of benzene rings is 2. The zero-order valence-corrected chi connectivity index (χ0v) is 22.7. The van der Waals surface area contributed by atoms with Crippen molar-refractivity contribution in [1.82, 2.24) is 19.8 Å². The number of aliphatic hydroxyl groups excluding tert-OH is 1. The maximum Gasteiger partial charge on any atom is 0.275 e. The smallest absolute Gasteiger partial charge is 0.275 e. The van der Waals surface area contributed by atoms with Crippen LogP contribution in [0.15, 0.2) is 55.0 Å². The molecular weight excluding hydrogens is 514 g/mol. The molecule has 2 amide bonds. The summed E-state index contributed by atoms with van der Waals surface area (Å²) < 4.78 is 17.5. The van der Waals surface area contributed by atoms with Gasteiger partial charge in [0.25, 0.3) is 11.8 Å². The number of amides is 2. The molecule has 0 spiro atoms. The molecule has 0 saturated heterocycles. The first-order valence-electron chi connectivity index (χ1n) is 13.2. The number of nitrogens with zero attached hydrogens (tertiary/aromatic N) is 4. The molecule has 210 valence electrons. The van der Waals surface area contributed by atoms with Crippen LogP contribution in [-0.2, 0) is 6.54 Å². The summed E-state index contributed by atoms with van der Waals surface area (Å²) in [6.07, 6.45) is 3.95. The molecule has 3 aromatic rings. The van der Waals surface area contributed by atoms with Gasteiger partial charge >= 0.3 is 0 Å². The molecule has 3 heterocycles. The Kier molecular flexibility index (Phi) is 8.13. The second-order valence-corrected chi connectivity index (χ2v) is 10.2. The lowest BCUT2D eigenvalue weighted by Crippen LogP contribution is -2.49. The molecule has 0 fully saturated rings. The van der Waals surface area contributed by atoms with Crippen molar-refractivity contribution in [2.75, 3.05) is 38.9 Å². The number of carbonyl (C=O) groups is 2.